The second-order valence-corrected chi connectivity index (χ2v) is 4.33. The predicted molar refractivity (Wildman–Crippen MR) is 44.1 cm³/mol. The summed E-state index contributed by atoms with van der Waals surface area (Å²) < 4.78 is 0. The van der Waals surface area contributed by atoms with E-state index in [1.807, 2.05) is 13.8 Å². The van der Waals surface area contributed by atoms with Crippen LogP contribution in [0.2, 0.25) is 0 Å². The first-order valence-corrected chi connectivity index (χ1v) is 4.33. The highest BCUT2D eigenvalue weighted by Crippen LogP contribution is 2.48. The van der Waals surface area contributed by atoms with E-state index in [1.165, 1.54) is 0 Å². The second-order valence-electron chi connectivity index (χ2n) is 4.33. The molecule has 2 aliphatic rings. The van der Waals surface area contributed by atoms with Gasteiger partial charge in [-0.2, -0.15) is 0 Å². The Hall–Kier alpha value is -0.590. The number of rotatable bonds is 0. The Bertz CT molecular complexity index is 225. The molecule has 0 aliphatic heterocycles. The van der Waals surface area contributed by atoms with Crippen molar-refractivity contribution in [2.45, 2.75) is 26.7 Å². The highest BCUT2D eigenvalue weighted by Gasteiger charge is 2.47. The van der Waals surface area contributed by atoms with E-state index >= 15 is 0 Å². The van der Waals surface area contributed by atoms with E-state index in [-0.39, 0.29) is 5.41 Å². The maximum atomic E-state index is 11.7. The molecule has 2 rings (SSSR count). The summed E-state index contributed by atoms with van der Waals surface area (Å²) in [4.78, 5) is 11.7. The van der Waals surface area contributed by atoms with Crippen molar-refractivity contribution in [2.24, 2.45) is 17.3 Å². The third-order valence-electron chi connectivity index (χ3n) is 2.87. The minimum atomic E-state index is -0.185. The number of hydrogen-bond donors (Lipinski definition) is 0. The van der Waals surface area contributed by atoms with Gasteiger partial charge in [0.05, 0.1) is 0 Å². The van der Waals surface area contributed by atoms with Crippen molar-refractivity contribution in [2.75, 3.05) is 0 Å². The van der Waals surface area contributed by atoms with Crippen LogP contribution in [0.25, 0.3) is 0 Å². The van der Waals surface area contributed by atoms with Gasteiger partial charge in [0.15, 0.2) is 0 Å². The summed E-state index contributed by atoms with van der Waals surface area (Å²) in [6.45, 7) is 4.04. The van der Waals surface area contributed by atoms with Crippen LogP contribution in [-0.2, 0) is 4.79 Å². The molecule has 11 heavy (non-hydrogen) atoms. The van der Waals surface area contributed by atoms with Crippen molar-refractivity contribution in [1.29, 1.82) is 0 Å². The number of allylic oxidation sites excluding steroid dienone is 2. The fraction of sp³-hybridized carbons (Fsp3) is 0.700. The summed E-state index contributed by atoms with van der Waals surface area (Å²) in [5, 5.41) is 0. The van der Waals surface area contributed by atoms with Crippen molar-refractivity contribution in [3.63, 3.8) is 0 Å². The number of fused-ring (bicyclic) bond motifs is 1. The topological polar surface area (TPSA) is 17.1 Å². The first kappa shape index (κ1) is 7.08. The minimum absolute atomic E-state index is 0.185. The maximum absolute atomic E-state index is 11.7. The maximum Gasteiger partial charge on any atom is 0.145 e. The summed E-state index contributed by atoms with van der Waals surface area (Å²) in [6, 6.07) is 0. The van der Waals surface area contributed by atoms with Crippen LogP contribution >= 0.6 is 0 Å². The zero-order valence-electron chi connectivity index (χ0n) is 7.13. The molecule has 2 aliphatic carbocycles. The average Bonchev–Trinajstić information content (AvgIpc) is 2.64. The minimum Gasteiger partial charge on any atom is -0.298 e. The van der Waals surface area contributed by atoms with Crippen molar-refractivity contribution in [3.05, 3.63) is 12.2 Å². The molecule has 0 unspecified atom stereocenters. The Morgan fingerprint density at radius 2 is 2.27 bits per heavy atom. The van der Waals surface area contributed by atoms with Gasteiger partial charge >= 0.3 is 0 Å². The molecule has 0 radical (unpaired) electrons. The molecule has 1 fully saturated rings. The third-order valence-corrected chi connectivity index (χ3v) is 2.87. The van der Waals surface area contributed by atoms with E-state index in [1.54, 1.807) is 0 Å². The van der Waals surface area contributed by atoms with Crippen LogP contribution < -0.4 is 0 Å². The van der Waals surface area contributed by atoms with Gasteiger partial charge in [-0.05, 0) is 32.6 Å². The lowest BCUT2D eigenvalue weighted by Gasteiger charge is -2.16. The number of carbonyl (C=O) groups excluding carboxylic acids is 1. The summed E-state index contributed by atoms with van der Waals surface area (Å²) in [6.07, 6.45) is 6.52. The smallest absolute Gasteiger partial charge is 0.145 e. The van der Waals surface area contributed by atoms with E-state index in [9.17, 15) is 4.79 Å². The van der Waals surface area contributed by atoms with E-state index in [0.29, 0.717) is 17.6 Å². The first-order chi connectivity index (χ1) is 5.11. The molecule has 0 spiro atoms. The Labute approximate surface area is 67.5 Å². The van der Waals surface area contributed by atoms with Crippen LogP contribution in [0.4, 0.5) is 0 Å². The molecule has 2 atom stereocenters. The van der Waals surface area contributed by atoms with Gasteiger partial charge in [0.2, 0.25) is 0 Å². The summed E-state index contributed by atoms with van der Waals surface area (Å²) in [7, 11) is 0. The predicted octanol–water partition coefficient (Wildman–Crippen LogP) is 2.18. The van der Waals surface area contributed by atoms with E-state index in [2.05, 4.69) is 12.2 Å². The van der Waals surface area contributed by atoms with E-state index < -0.39 is 0 Å². The summed E-state index contributed by atoms with van der Waals surface area (Å²) in [5.41, 5.74) is -0.185. The molecule has 0 saturated heterocycles. The number of hydrogen-bond acceptors (Lipinski definition) is 1. The molecular formula is C10H14O. The normalized spacial score (nSPS) is 39.6. The molecule has 0 heterocycles. The molecule has 1 heteroatoms. The highest BCUT2D eigenvalue weighted by atomic mass is 16.1. The largest absolute Gasteiger partial charge is 0.298 e. The van der Waals surface area contributed by atoms with Gasteiger partial charge < -0.3 is 0 Å². The number of Topliss-reactive ketones (excluding diaryl/α,β-unsaturated/α-hetero) is 1. The molecule has 0 N–H and O–H groups in total. The number of carbonyl (C=O) groups is 1. The first-order valence-electron chi connectivity index (χ1n) is 4.33. The lowest BCUT2D eigenvalue weighted by atomic mass is 9.86. The molecule has 1 nitrogen and oxygen atoms in total. The van der Waals surface area contributed by atoms with Gasteiger partial charge in [0.1, 0.15) is 5.78 Å². The van der Waals surface area contributed by atoms with Gasteiger partial charge in [-0.15, -0.1) is 0 Å². The van der Waals surface area contributed by atoms with E-state index in [4.69, 9.17) is 0 Å². The zero-order valence-corrected chi connectivity index (χ0v) is 7.13. The van der Waals surface area contributed by atoms with Gasteiger partial charge in [0.25, 0.3) is 0 Å². The number of ketones is 1. The Morgan fingerprint density at radius 3 is 3.00 bits per heavy atom. The molecule has 60 valence electrons. The molecule has 0 bridgehead atoms. The Kier molecular flexibility index (Phi) is 1.26. The van der Waals surface area contributed by atoms with Crippen LogP contribution in [0.5, 0.6) is 0 Å². The lowest BCUT2D eigenvalue weighted by molar-refractivity contribution is -0.126. The van der Waals surface area contributed by atoms with Crippen molar-refractivity contribution < 1.29 is 4.79 Å². The van der Waals surface area contributed by atoms with E-state index in [0.717, 1.165) is 12.8 Å². The Morgan fingerprint density at radius 1 is 1.55 bits per heavy atom. The van der Waals surface area contributed by atoms with Crippen LogP contribution in [0.1, 0.15) is 26.7 Å². The monoisotopic (exact) mass is 150 g/mol. The van der Waals surface area contributed by atoms with Crippen LogP contribution in [0, 0.1) is 17.3 Å². The standard InChI is InChI=1S/C10H14O/c1-10(2)5-3-4-7-6-8(7)9(10)11/h3,5,7-8H,4,6H2,1-2H3/t7-,8-/m0/s1. The molecule has 0 amide bonds. The third kappa shape index (κ3) is 1.03. The fourth-order valence-electron chi connectivity index (χ4n) is 1.93. The molecule has 0 aromatic heterocycles. The SMILES string of the molecule is CC1(C)C=CC[C@H]2C[C@@H]2C1=O. The van der Waals surface area contributed by atoms with Crippen molar-refractivity contribution in [1.82, 2.24) is 0 Å². The van der Waals surface area contributed by atoms with Crippen LogP contribution in [-0.4, -0.2) is 5.78 Å². The molecule has 0 aromatic carbocycles. The summed E-state index contributed by atoms with van der Waals surface area (Å²) in [5.74, 6) is 1.55. The molecule has 1 saturated carbocycles. The highest BCUT2D eigenvalue weighted by molar-refractivity contribution is 5.90. The Balaban J connectivity index is 2.28. The van der Waals surface area contributed by atoms with Crippen molar-refractivity contribution >= 4 is 5.78 Å². The zero-order chi connectivity index (χ0) is 8.06. The summed E-state index contributed by atoms with van der Waals surface area (Å²) >= 11 is 0. The molecule has 0 aromatic rings. The lowest BCUT2D eigenvalue weighted by Crippen LogP contribution is -2.22. The van der Waals surface area contributed by atoms with Crippen molar-refractivity contribution in [3.8, 4) is 0 Å². The van der Waals surface area contributed by atoms with Gasteiger partial charge in [-0.1, -0.05) is 12.2 Å². The second kappa shape index (κ2) is 1.96. The van der Waals surface area contributed by atoms with Crippen LogP contribution in [0.15, 0.2) is 12.2 Å². The van der Waals surface area contributed by atoms with Gasteiger partial charge in [-0.3, -0.25) is 4.79 Å². The van der Waals surface area contributed by atoms with Crippen LogP contribution in [0.3, 0.4) is 0 Å². The quantitative estimate of drug-likeness (QED) is 0.484. The average molecular weight is 150 g/mol. The van der Waals surface area contributed by atoms with Gasteiger partial charge in [0, 0.05) is 11.3 Å². The van der Waals surface area contributed by atoms with Gasteiger partial charge in [-0.25, -0.2) is 0 Å². The fourth-order valence-corrected chi connectivity index (χ4v) is 1.93. The molecular weight excluding hydrogens is 136 g/mol.